The molecule has 0 amide bonds. The summed E-state index contributed by atoms with van der Waals surface area (Å²) in [5.41, 5.74) is 2.73. The van der Waals surface area contributed by atoms with Gasteiger partial charge in [-0.1, -0.05) is 12.1 Å². The molecule has 1 heterocycles. The van der Waals surface area contributed by atoms with E-state index in [0.717, 1.165) is 28.1 Å². The Morgan fingerprint density at radius 3 is 2.61 bits per heavy atom. The van der Waals surface area contributed by atoms with Crippen molar-refractivity contribution >= 4 is 11.0 Å². The number of rotatable bonds is 3. The molecule has 4 heteroatoms. The molecule has 0 atom stereocenters. The molecule has 4 nitrogen and oxygen atoms in total. The summed E-state index contributed by atoms with van der Waals surface area (Å²) in [4.78, 5) is 7.19. The second kappa shape index (κ2) is 4.50. The molecular formula is C14H12N2O2. The van der Waals surface area contributed by atoms with Crippen molar-refractivity contribution in [3.05, 3.63) is 54.4 Å². The normalized spacial score (nSPS) is 10.7. The van der Waals surface area contributed by atoms with Crippen LogP contribution < -0.4 is 4.74 Å². The van der Waals surface area contributed by atoms with E-state index >= 15 is 0 Å². The first-order chi connectivity index (χ1) is 8.85. The molecule has 3 rings (SSSR count). The van der Waals surface area contributed by atoms with Gasteiger partial charge in [0.1, 0.15) is 11.5 Å². The van der Waals surface area contributed by atoms with E-state index in [0.29, 0.717) is 0 Å². The fourth-order valence-corrected chi connectivity index (χ4v) is 1.78. The fraction of sp³-hybridized carbons (Fsp3) is 0.0714. The van der Waals surface area contributed by atoms with Gasteiger partial charge in [0.05, 0.1) is 24.0 Å². The van der Waals surface area contributed by atoms with Crippen molar-refractivity contribution in [3.8, 4) is 11.5 Å². The number of nitrogens with zero attached hydrogens (tertiary/aromatic N) is 1. The van der Waals surface area contributed by atoms with E-state index in [1.807, 2.05) is 42.5 Å². The lowest BCUT2D eigenvalue weighted by Gasteiger charge is -2.06. The minimum atomic E-state index is 0.0420. The summed E-state index contributed by atoms with van der Waals surface area (Å²) in [5.74, 6) is 1.49. The average molecular weight is 240 g/mol. The van der Waals surface area contributed by atoms with Gasteiger partial charge in [-0.3, -0.25) is 0 Å². The molecule has 0 aliphatic heterocycles. The number of aliphatic hydroxyl groups is 1. The summed E-state index contributed by atoms with van der Waals surface area (Å²) < 4.78 is 5.73. The number of aliphatic hydroxyl groups excluding tert-OH is 1. The summed E-state index contributed by atoms with van der Waals surface area (Å²) in [5, 5.41) is 8.96. The van der Waals surface area contributed by atoms with Crippen LogP contribution in [0.15, 0.2) is 48.8 Å². The number of nitrogens with one attached hydrogen (secondary N) is 1. The van der Waals surface area contributed by atoms with Crippen LogP contribution in [0.1, 0.15) is 5.56 Å². The summed E-state index contributed by atoms with van der Waals surface area (Å²) >= 11 is 0. The predicted molar refractivity (Wildman–Crippen MR) is 68.5 cm³/mol. The summed E-state index contributed by atoms with van der Waals surface area (Å²) in [6.45, 7) is 0.0420. The molecular weight excluding hydrogens is 228 g/mol. The van der Waals surface area contributed by atoms with Crippen molar-refractivity contribution < 1.29 is 9.84 Å². The molecule has 0 radical (unpaired) electrons. The number of H-pyrrole nitrogens is 1. The van der Waals surface area contributed by atoms with Crippen LogP contribution in [0.5, 0.6) is 11.5 Å². The van der Waals surface area contributed by atoms with Gasteiger partial charge in [0.25, 0.3) is 0 Å². The minimum absolute atomic E-state index is 0.0420. The molecule has 0 saturated carbocycles. The molecule has 0 aliphatic carbocycles. The van der Waals surface area contributed by atoms with Crippen LogP contribution in [0.2, 0.25) is 0 Å². The van der Waals surface area contributed by atoms with Crippen molar-refractivity contribution in [2.45, 2.75) is 6.61 Å². The average Bonchev–Trinajstić information content (AvgIpc) is 2.87. The monoisotopic (exact) mass is 240 g/mol. The van der Waals surface area contributed by atoms with Gasteiger partial charge in [-0.25, -0.2) is 4.98 Å². The maximum atomic E-state index is 8.96. The lowest BCUT2D eigenvalue weighted by Crippen LogP contribution is -1.86. The number of hydrogen-bond acceptors (Lipinski definition) is 3. The molecule has 2 N–H and O–H groups in total. The molecule has 0 aliphatic rings. The van der Waals surface area contributed by atoms with Crippen LogP contribution in [0, 0.1) is 0 Å². The van der Waals surface area contributed by atoms with Gasteiger partial charge in [-0.05, 0) is 29.8 Å². The van der Waals surface area contributed by atoms with Crippen LogP contribution in [0.25, 0.3) is 11.0 Å². The van der Waals surface area contributed by atoms with Crippen molar-refractivity contribution in [3.63, 3.8) is 0 Å². The Kier molecular flexibility index (Phi) is 2.70. The third-order valence-electron chi connectivity index (χ3n) is 2.73. The number of ether oxygens (including phenoxy) is 1. The Morgan fingerprint density at radius 1 is 1.06 bits per heavy atom. The van der Waals surface area contributed by atoms with Crippen LogP contribution in [-0.2, 0) is 6.61 Å². The number of aromatic nitrogens is 2. The fourth-order valence-electron chi connectivity index (χ4n) is 1.78. The maximum Gasteiger partial charge on any atom is 0.129 e. The van der Waals surface area contributed by atoms with Crippen molar-refractivity contribution in [1.29, 1.82) is 0 Å². The summed E-state index contributed by atoms with van der Waals surface area (Å²) in [6, 6.07) is 13.0. The molecule has 2 aromatic carbocycles. The lowest BCUT2D eigenvalue weighted by atomic mass is 10.2. The Bertz CT molecular complexity index is 659. The van der Waals surface area contributed by atoms with Crippen molar-refractivity contribution in [1.82, 2.24) is 9.97 Å². The van der Waals surface area contributed by atoms with Gasteiger partial charge < -0.3 is 14.8 Å². The van der Waals surface area contributed by atoms with Crippen LogP contribution >= 0.6 is 0 Å². The summed E-state index contributed by atoms with van der Waals surface area (Å²) in [6.07, 6.45) is 1.66. The lowest BCUT2D eigenvalue weighted by molar-refractivity contribution is 0.281. The molecule has 18 heavy (non-hydrogen) atoms. The van der Waals surface area contributed by atoms with Gasteiger partial charge in [0, 0.05) is 6.07 Å². The third kappa shape index (κ3) is 2.06. The SMILES string of the molecule is OCc1ccc(Oc2ccc3nc[nH]c3c2)cc1. The van der Waals surface area contributed by atoms with E-state index in [-0.39, 0.29) is 6.61 Å². The predicted octanol–water partition coefficient (Wildman–Crippen LogP) is 2.85. The molecule has 0 fully saturated rings. The molecule has 3 aromatic rings. The topological polar surface area (TPSA) is 58.1 Å². The number of fused-ring (bicyclic) bond motifs is 1. The van der Waals surface area contributed by atoms with E-state index in [1.54, 1.807) is 6.33 Å². The Morgan fingerprint density at radius 2 is 1.83 bits per heavy atom. The van der Waals surface area contributed by atoms with Gasteiger partial charge >= 0.3 is 0 Å². The smallest absolute Gasteiger partial charge is 0.129 e. The zero-order valence-corrected chi connectivity index (χ0v) is 9.63. The second-order valence-corrected chi connectivity index (χ2v) is 3.99. The standard InChI is InChI=1S/C14H12N2O2/c17-8-10-1-3-11(4-2-10)18-12-5-6-13-14(7-12)16-9-15-13/h1-7,9,17H,8H2,(H,15,16). The minimum Gasteiger partial charge on any atom is -0.457 e. The van der Waals surface area contributed by atoms with E-state index in [1.165, 1.54) is 0 Å². The van der Waals surface area contributed by atoms with Crippen LogP contribution in [-0.4, -0.2) is 15.1 Å². The molecule has 0 spiro atoms. The maximum absolute atomic E-state index is 8.96. The van der Waals surface area contributed by atoms with Crippen molar-refractivity contribution in [2.24, 2.45) is 0 Å². The van der Waals surface area contributed by atoms with Crippen LogP contribution in [0.4, 0.5) is 0 Å². The van der Waals surface area contributed by atoms with Gasteiger partial charge in [0.2, 0.25) is 0 Å². The van der Waals surface area contributed by atoms with E-state index < -0.39 is 0 Å². The third-order valence-corrected chi connectivity index (χ3v) is 2.73. The first-order valence-corrected chi connectivity index (χ1v) is 5.66. The van der Waals surface area contributed by atoms with E-state index in [9.17, 15) is 0 Å². The highest BCUT2D eigenvalue weighted by Gasteiger charge is 2.01. The highest BCUT2D eigenvalue weighted by atomic mass is 16.5. The first-order valence-electron chi connectivity index (χ1n) is 5.66. The second-order valence-electron chi connectivity index (χ2n) is 3.99. The molecule has 0 saturated heterocycles. The highest BCUT2D eigenvalue weighted by Crippen LogP contribution is 2.24. The van der Waals surface area contributed by atoms with E-state index in [2.05, 4.69) is 9.97 Å². The largest absolute Gasteiger partial charge is 0.457 e. The van der Waals surface area contributed by atoms with Gasteiger partial charge in [0.15, 0.2) is 0 Å². The van der Waals surface area contributed by atoms with Gasteiger partial charge in [-0.15, -0.1) is 0 Å². The van der Waals surface area contributed by atoms with E-state index in [4.69, 9.17) is 9.84 Å². The zero-order chi connectivity index (χ0) is 12.4. The highest BCUT2D eigenvalue weighted by molar-refractivity contribution is 5.76. The zero-order valence-electron chi connectivity index (χ0n) is 9.63. The number of aromatic amines is 1. The Labute approximate surface area is 104 Å². The quantitative estimate of drug-likeness (QED) is 0.740. The molecule has 0 bridgehead atoms. The number of imidazole rings is 1. The van der Waals surface area contributed by atoms with Crippen LogP contribution in [0.3, 0.4) is 0 Å². The molecule has 0 unspecified atom stereocenters. The van der Waals surface area contributed by atoms with Gasteiger partial charge in [-0.2, -0.15) is 0 Å². The Balaban J connectivity index is 1.85. The number of hydrogen-bond donors (Lipinski definition) is 2. The number of benzene rings is 2. The molecule has 1 aromatic heterocycles. The summed E-state index contributed by atoms with van der Waals surface area (Å²) in [7, 11) is 0. The first kappa shape index (κ1) is 10.8. The van der Waals surface area contributed by atoms with Crippen molar-refractivity contribution in [2.75, 3.05) is 0 Å². The Hall–Kier alpha value is -2.33. The molecule has 90 valence electrons.